The van der Waals surface area contributed by atoms with Crippen LogP contribution in [0.5, 0.6) is 0 Å². The standard InChI is InChI=1S/C16H12Cl2N2/c1-10-3-2-4-12(7-10)16-19-9-15(20-16)11-5-6-13(17)14(18)8-11/h2-9H,1H3,(H,19,20). The highest BCUT2D eigenvalue weighted by atomic mass is 35.5. The Hall–Kier alpha value is -1.77. The van der Waals surface area contributed by atoms with E-state index in [4.69, 9.17) is 23.2 Å². The SMILES string of the molecule is Cc1cccc(-c2ncc(-c3ccc(Cl)c(Cl)c3)[nH]2)c1. The van der Waals surface area contributed by atoms with Gasteiger partial charge in [-0.15, -0.1) is 0 Å². The number of nitrogens with one attached hydrogen (secondary N) is 1. The molecule has 0 fully saturated rings. The van der Waals surface area contributed by atoms with Crippen molar-refractivity contribution in [1.29, 1.82) is 0 Å². The number of aryl methyl sites for hydroxylation is 1. The zero-order valence-electron chi connectivity index (χ0n) is 10.8. The number of halogens is 2. The van der Waals surface area contributed by atoms with Crippen LogP contribution in [0.25, 0.3) is 22.6 Å². The average Bonchev–Trinajstić information content (AvgIpc) is 2.92. The molecule has 1 heterocycles. The van der Waals surface area contributed by atoms with Crippen LogP contribution >= 0.6 is 23.2 Å². The molecule has 0 aliphatic rings. The second-order valence-electron chi connectivity index (χ2n) is 4.64. The lowest BCUT2D eigenvalue weighted by Crippen LogP contribution is -1.82. The predicted octanol–water partition coefficient (Wildman–Crippen LogP) is 5.36. The van der Waals surface area contributed by atoms with Gasteiger partial charge in [-0.3, -0.25) is 0 Å². The molecule has 3 rings (SSSR count). The van der Waals surface area contributed by atoms with Crippen molar-refractivity contribution in [1.82, 2.24) is 9.97 Å². The van der Waals surface area contributed by atoms with Gasteiger partial charge in [-0.2, -0.15) is 0 Å². The molecule has 2 aromatic carbocycles. The first-order valence-electron chi connectivity index (χ1n) is 6.21. The summed E-state index contributed by atoms with van der Waals surface area (Å²) in [5.74, 6) is 0.842. The van der Waals surface area contributed by atoms with Crippen LogP contribution < -0.4 is 0 Å². The number of aromatic amines is 1. The van der Waals surface area contributed by atoms with Gasteiger partial charge in [-0.05, 0) is 25.1 Å². The summed E-state index contributed by atoms with van der Waals surface area (Å²) in [5, 5.41) is 1.09. The Labute approximate surface area is 127 Å². The minimum absolute atomic E-state index is 0.538. The van der Waals surface area contributed by atoms with Gasteiger partial charge in [0.25, 0.3) is 0 Å². The maximum absolute atomic E-state index is 6.04. The molecular formula is C16H12Cl2N2. The number of rotatable bonds is 2. The van der Waals surface area contributed by atoms with Crippen molar-refractivity contribution in [2.75, 3.05) is 0 Å². The number of nitrogens with zero attached hydrogens (tertiary/aromatic N) is 1. The molecule has 0 unspecified atom stereocenters. The van der Waals surface area contributed by atoms with E-state index < -0.39 is 0 Å². The van der Waals surface area contributed by atoms with Crippen LogP contribution in [0, 0.1) is 6.92 Å². The zero-order valence-corrected chi connectivity index (χ0v) is 12.3. The van der Waals surface area contributed by atoms with Crippen LogP contribution in [0.3, 0.4) is 0 Å². The van der Waals surface area contributed by atoms with E-state index in [9.17, 15) is 0 Å². The molecule has 0 bridgehead atoms. The van der Waals surface area contributed by atoms with Gasteiger partial charge >= 0.3 is 0 Å². The van der Waals surface area contributed by atoms with E-state index >= 15 is 0 Å². The monoisotopic (exact) mass is 302 g/mol. The maximum atomic E-state index is 6.04. The van der Waals surface area contributed by atoms with Crippen molar-refractivity contribution in [2.24, 2.45) is 0 Å². The van der Waals surface area contributed by atoms with Crippen molar-refractivity contribution in [3.8, 4) is 22.6 Å². The Bertz CT molecular complexity index is 763. The highest BCUT2D eigenvalue weighted by molar-refractivity contribution is 6.42. The first-order valence-corrected chi connectivity index (χ1v) is 6.96. The summed E-state index contributed by atoms with van der Waals surface area (Å²) < 4.78 is 0. The predicted molar refractivity (Wildman–Crippen MR) is 84.2 cm³/mol. The van der Waals surface area contributed by atoms with E-state index in [-0.39, 0.29) is 0 Å². The highest BCUT2D eigenvalue weighted by Gasteiger charge is 2.07. The lowest BCUT2D eigenvalue weighted by Gasteiger charge is -2.01. The molecule has 0 amide bonds. The first kappa shape index (κ1) is 13.2. The van der Waals surface area contributed by atoms with E-state index in [1.54, 1.807) is 12.3 Å². The van der Waals surface area contributed by atoms with Crippen LogP contribution in [-0.4, -0.2) is 9.97 Å². The van der Waals surface area contributed by atoms with E-state index in [2.05, 4.69) is 29.0 Å². The number of benzene rings is 2. The normalized spacial score (nSPS) is 10.8. The third-order valence-electron chi connectivity index (χ3n) is 3.10. The molecular weight excluding hydrogens is 291 g/mol. The fraction of sp³-hybridized carbons (Fsp3) is 0.0625. The first-order chi connectivity index (χ1) is 9.63. The molecule has 0 aliphatic carbocycles. The van der Waals surface area contributed by atoms with Crippen molar-refractivity contribution in [3.05, 3.63) is 64.3 Å². The highest BCUT2D eigenvalue weighted by Crippen LogP contribution is 2.28. The van der Waals surface area contributed by atoms with Crippen molar-refractivity contribution in [3.63, 3.8) is 0 Å². The topological polar surface area (TPSA) is 28.7 Å². The minimum Gasteiger partial charge on any atom is -0.338 e. The number of H-pyrrole nitrogens is 1. The maximum Gasteiger partial charge on any atom is 0.137 e. The van der Waals surface area contributed by atoms with Gasteiger partial charge in [0.05, 0.1) is 21.9 Å². The van der Waals surface area contributed by atoms with Gasteiger partial charge in [0, 0.05) is 11.1 Å². The summed E-state index contributed by atoms with van der Waals surface area (Å²) in [6.07, 6.45) is 1.80. The third kappa shape index (κ3) is 2.58. The molecule has 100 valence electrons. The van der Waals surface area contributed by atoms with E-state index in [0.717, 1.165) is 22.6 Å². The van der Waals surface area contributed by atoms with Gasteiger partial charge < -0.3 is 4.98 Å². The summed E-state index contributed by atoms with van der Waals surface area (Å²) in [4.78, 5) is 7.73. The van der Waals surface area contributed by atoms with Crippen LogP contribution in [0.4, 0.5) is 0 Å². The smallest absolute Gasteiger partial charge is 0.137 e. The summed E-state index contributed by atoms with van der Waals surface area (Å²) in [7, 11) is 0. The number of imidazole rings is 1. The molecule has 0 atom stereocenters. The summed E-state index contributed by atoms with van der Waals surface area (Å²) in [6, 6.07) is 13.7. The second kappa shape index (κ2) is 5.31. The van der Waals surface area contributed by atoms with Crippen LogP contribution in [0.1, 0.15) is 5.56 Å². The van der Waals surface area contributed by atoms with Gasteiger partial charge in [0.1, 0.15) is 5.82 Å². The molecule has 3 aromatic rings. The van der Waals surface area contributed by atoms with Gasteiger partial charge in [-0.1, -0.05) is 53.0 Å². The molecule has 0 aliphatic heterocycles. The second-order valence-corrected chi connectivity index (χ2v) is 5.46. The van der Waals surface area contributed by atoms with E-state index in [0.29, 0.717) is 10.0 Å². The Morgan fingerprint density at radius 3 is 2.55 bits per heavy atom. The van der Waals surface area contributed by atoms with Crippen molar-refractivity contribution in [2.45, 2.75) is 6.92 Å². The molecule has 0 spiro atoms. The van der Waals surface area contributed by atoms with Gasteiger partial charge in [0.15, 0.2) is 0 Å². The molecule has 4 heteroatoms. The van der Waals surface area contributed by atoms with Crippen molar-refractivity contribution >= 4 is 23.2 Å². The summed E-state index contributed by atoms with van der Waals surface area (Å²) in [6.45, 7) is 2.06. The minimum atomic E-state index is 0.538. The average molecular weight is 303 g/mol. The lowest BCUT2D eigenvalue weighted by molar-refractivity contribution is 1.30. The Balaban J connectivity index is 1.99. The van der Waals surface area contributed by atoms with Crippen LogP contribution in [-0.2, 0) is 0 Å². The molecule has 20 heavy (non-hydrogen) atoms. The molecule has 0 saturated carbocycles. The Morgan fingerprint density at radius 1 is 0.950 bits per heavy atom. The van der Waals surface area contributed by atoms with Crippen molar-refractivity contribution < 1.29 is 0 Å². The zero-order chi connectivity index (χ0) is 14.1. The number of hydrogen-bond donors (Lipinski definition) is 1. The number of aromatic nitrogens is 2. The van der Waals surface area contributed by atoms with Gasteiger partial charge in [-0.25, -0.2) is 4.98 Å². The molecule has 2 nitrogen and oxygen atoms in total. The van der Waals surface area contributed by atoms with E-state index in [1.165, 1.54) is 5.56 Å². The Morgan fingerprint density at radius 2 is 1.80 bits per heavy atom. The fourth-order valence-electron chi connectivity index (χ4n) is 2.07. The third-order valence-corrected chi connectivity index (χ3v) is 3.84. The molecule has 1 N–H and O–H groups in total. The lowest BCUT2D eigenvalue weighted by atomic mass is 10.1. The van der Waals surface area contributed by atoms with E-state index in [1.807, 2.05) is 24.3 Å². The number of hydrogen-bond acceptors (Lipinski definition) is 1. The molecule has 0 saturated heterocycles. The van der Waals surface area contributed by atoms with Crippen LogP contribution in [0.15, 0.2) is 48.7 Å². The largest absolute Gasteiger partial charge is 0.338 e. The molecule has 1 aromatic heterocycles. The van der Waals surface area contributed by atoms with Gasteiger partial charge in [0.2, 0.25) is 0 Å². The summed E-state index contributed by atoms with van der Waals surface area (Å²) >= 11 is 12.0. The van der Waals surface area contributed by atoms with Crippen LogP contribution in [0.2, 0.25) is 10.0 Å². The molecule has 0 radical (unpaired) electrons. The Kier molecular flexibility index (Phi) is 3.51. The fourth-order valence-corrected chi connectivity index (χ4v) is 2.37. The quantitative estimate of drug-likeness (QED) is 0.678. The summed E-state index contributed by atoms with van der Waals surface area (Å²) in [5.41, 5.74) is 4.15.